The van der Waals surface area contributed by atoms with E-state index in [1.54, 1.807) is 18.0 Å². The van der Waals surface area contributed by atoms with E-state index in [0.29, 0.717) is 6.29 Å². The molecule has 2 aromatic rings. The van der Waals surface area contributed by atoms with E-state index >= 15 is 0 Å². The third-order valence-corrected chi connectivity index (χ3v) is 4.20. The zero-order valence-corrected chi connectivity index (χ0v) is 13.5. The molecule has 3 rings (SSSR count). The molecule has 1 aromatic carbocycles. The van der Waals surface area contributed by atoms with E-state index in [9.17, 15) is 13.2 Å². The van der Waals surface area contributed by atoms with Crippen LogP contribution < -0.4 is 4.90 Å². The van der Waals surface area contributed by atoms with Crippen LogP contribution in [0.15, 0.2) is 36.5 Å². The molecule has 1 aliphatic rings. The van der Waals surface area contributed by atoms with Crippen molar-refractivity contribution >= 4 is 33.0 Å². The first-order valence-corrected chi connectivity index (χ1v) is 8.77. The Hall–Kier alpha value is -2.03. The fourth-order valence-electron chi connectivity index (χ4n) is 2.63. The van der Waals surface area contributed by atoms with Crippen molar-refractivity contribution in [1.82, 2.24) is 4.98 Å². The number of benzene rings is 1. The van der Waals surface area contributed by atoms with Gasteiger partial charge in [-0.3, -0.25) is 9.78 Å². The summed E-state index contributed by atoms with van der Waals surface area (Å²) in [5.74, 6) is 0. The minimum atomic E-state index is -3.68. The van der Waals surface area contributed by atoms with Crippen molar-refractivity contribution in [1.29, 1.82) is 0 Å². The van der Waals surface area contributed by atoms with E-state index in [-0.39, 0.29) is 6.54 Å². The fraction of sp³-hybridized carbons (Fsp3) is 0.333. The summed E-state index contributed by atoms with van der Waals surface area (Å²) in [5, 5.41) is 0.908. The van der Waals surface area contributed by atoms with E-state index in [1.165, 1.54) is 0 Å². The lowest BCUT2D eigenvalue weighted by Gasteiger charge is -2.29. The largest absolute Gasteiger partial charge is 0.333 e. The average Bonchev–Trinajstić information content (AvgIpc) is 2.82. The second kappa shape index (κ2) is 5.55. The van der Waals surface area contributed by atoms with Crippen molar-refractivity contribution in [2.45, 2.75) is 18.9 Å². The Balaban J connectivity index is 1.96. The van der Waals surface area contributed by atoms with E-state index in [1.807, 2.05) is 30.3 Å². The quantitative estimate of drug-likeness (QED) is 0.614. The first-order chi connectivity index (χ1) is 10.8. The average molecular weight is 336 g/mol. The van der Waals surface area contributed by atoms with Crippen LogP contribution in [0.4, 0.5) is 5.69 Å². The number of hydrogen-bond donors (Lipinski definition) is 0. The van der Waals surface area contributed by atoms with Gasteiger partial charge in [-0.1, -0.05) is 6.07 Å². The van der Waals surface area contributed by atoms with Crippen LogP contribution in [0.2, 0.25) is 0 Å². The van der Waals surface area contributed by atoms with Gasteiger partial charge in [-0.15, -0.1) is 0 Å². The number of carbonyl (C=O) groups excluding carboxylic acids is 1. The first kappa shape index (κ1) is 15.9. The number of pyridine rings is 1. The molecule has 0 aliphatic carbocycles. The van der Waals surface area contributed by atoms with E-state index in [4.69, 9.17) is 8.92 Å². The maximum atomic E-state index is 11.5. The maximum Gasteiger partial charge on any atom is 0.266 e. The smallest absolute Gasteiger partial charge is 0.266 e. The van der Waals surface area contributed by atoms with Gasteiger partial charge in [0.15, 0.2) is 18.3 Å². The second-order valence-electron chi connectivity index (χ2n) is 5.51. The molecule has 122 valence electrons. The highest BCUT2D eigenvalue weighted by Crippen LogP contribution is 2.33. The van der Waals surface area contributed by atoms with Gasteiger partial charge in [0.2, 0.25) is 0 Å². The van der Waals surface area contributed by atoms with Crippen LogP contribution in [0.25, 0.3) is 10.9 Å². The molecule has 0 radical (unpaired) electrons. The molecule has 0 amide bonds. The monoisotopic (exact) mass is 336 g/mol. The second-order valence-corrected chi connectivity index (χ2v) is 7.11. The number of anilines is 1. The maximum absolute atomic E-state index is 11.5. The number of hydrogen-bond acceptors (Lipinski definition) is 7. The number of carbonyl (C=O) groups is 1. The number of fused-ring (bicyclic) bond motifs is 1. The third-order valence-electron chi connectivity index (χ3n) is 3.64. The van der Waals surface area contributed by atoms with Crippen LogP contribution in [0.1, 0.15) is 6.92 Å². The van der Waals surface area contributed by atoms with Gasteiger partial charge in [0, 0.05) is 17.3 Å². The van der Waals surface area contributed by atoms with E-state index in [2.05, 4.69) is 4.98 Å². The Morgan fingerprint density at radius 3 is 2.91 bits per heavy atom. The van der Waals surface area contributed by atoms with Crippen LogP contribution in [-0.4, -0.2) is 44.5 Å². The summed E-state index contributed by atoms with van der Waals surface area (Å²) in [6, 6.07) is 9.24. The van der Waals surface area contributed by atoms with Gasteiger partial charge >= 0.3 is 0 Å². The Morgan fingerprint density at radius 2 is 2.22 bits per heavy atom. The number of nitrogens with zero attached hydrogens (tertiary/aromatic N) is 2. The highest BCUT2D eigenvalue weighted by molar-refractivity contribution is 7.86. The lowest BCUT2D eigenvalue weighted by Crippen LogP contribution is -2.43. The zero-order chi connectivity index (χ0) is 16.7. The first-order valence-electron chi connectivity index (χ1n) is 6.96. The SMILES string of the molecule is CC1(C=O)O[C@H](OS(C)(=O)=O)CN1c1ccc2ncccc2c1. The predicted molar refractivity (Wildman–Crippen MR) is 84.4 cm³/mol. The molecular weight excluding hydrogens is 320 g/mol. The summed E-state index contributed by atoms with van der Waals surface area (Å²) in [7, 11) is -3.68. The van der Waals surface area contributed by atoms with Gasteiger partial charge in [0.1, 0.15) is 0 Å². The Bertz CT molecular complexity index is 854. The third kappa shape index (κ3) is 3.19. The lowest BCUT2D eigenvalue weighted by molar-refractivity contribution is -0.141. The van der Waals surface area contributed by atoms with Gasteiger partial charge in [0.05, 0.1) is 18.3 Å². The molecule has 0 bridgehead atoms. The summed E-state index contributed by atoms with van der Waals surface area (Å²) in [4.78, 5) is 17.4. The van der Waals surface area contributed by atoms with E-state index in [0.717, 1.165) is 22.8 Å². The number of aromatic nitrogens is 1. The van der Waals surface area contributed by atoms with Crippen molar-refractivity contribution in [3.63, 3.8) is 0 Å². The summed E-state index contributed by atoms with van der Waals surface area (Å²) >= 11 is 0. The van der Waals surface area contributed by atoms with Crippen LogP contribution in [0.5, 0.6) is 0 Å². The molecule has 1 aromatic heterocycles. The molecule has 1 saturated heterocycles. The minimum absolute atomic E-state index is 0.119. The number of rotatable bonds is 4. The summed E-state index contributed by atoms with van der Waals surface area (Å²) in [6.07, 6.45) is 2.24. The molecular formula is C15H16N2O5S. The van der Waals surface area contributed by atoms with Crippen LogP contribution in [-0.2, 0) is 23.8 Å². The molecule has 7 nitrogen and oxygen atoms in total. The molecule has 1 unspecified atom stereocenters. The summed E-state index contributed by atoms with van der Waals surface area (Å²) < 4.78 is 32.9. The molecule has 23 heavy (non-hydrogen) atoms. The summed E-state index contributed by atoms with van der Waals surface area (Å²) in [6.45, 7) is 1.69. The lowest BCUT2D eigenvalue weighted by atomic mass is 10.1. The van der Waals surface area contributed by atoms with Gasteiger partial charge in [-0.05, 0) is 31.2 Å². The van der Waals surface area contributed by atoms with Gasteiger partial charge in [0.25, 0.3) is 10.1 Å². The topological polar surface area (TPSA) is 85.8 Å². The van der Waals surface area contributed by atoms with Crippen LogP contribution in [0, 0.1) is 0 Å². The Kier molecular flexibility index (Phi) is 3.83. The van der Waals surface area contributed by atoms with Crippen molar-refractivity contribution in [2.24, 2.45) is 0 Å². The normalized spacial score (nSPS) is 25.0. The molecule has 2 atom stereocenters. The number of aldehydes is 1. The summed E-state index contributed by atoms with van der Waals surface area (Å²) in [5.41, 5.74) is 0.249. The van der Waals surface area contributed by atoms with Gasteiger partial charge in [-0.25, -0.2) is 4.18 Å². The van der Waals surface area contributed by atoms with Crippen molar-refractivity contribution in [3.8, 4) is 0 Å². The Morgan fingerprint density at radius 1 is 1.43 bits per heavy atom. The number of ether oxygens (including phenoxy) is 1. The van der Waals surface area contributed by atoms with Gasteiger partial charge < -0.3 is 9.64 Å². The van der Waals surface area contributed by atoms with Crippen molar-refractivity contribution < 1.29 is 22.1 Å². The molecule has 0 saturated carbocycles. The van der Waals surface area contributed by atoms with Crippen molar-refractivity contribution in [2.75, 3.05) is 17.7 Å². The molecule has 0 N–H and O–H groups in total. The van der Waals surface area contributed by atoms with E-state index < -0.39 is 22.1 Å². The Labute approximate surface area is 133 Å². The van der Waals surface area contributed by atoms with Crippen LogP contribution >= 0.6 is 0 Å². The van der Waals surface area contributed by atoms with Crippen molar-refractivity contribution in [3.05, 3.63) is 36.5 Å². The molecule has 1 fully saturated rings. The van der Waals surface area contributed by atoms with Gasteiger partial charge in [-0.2, -0.15) is 8.42 Å². The molecule has 8 heteroatoms. The predicted octanol–water partition coefficient (Wildman–Crippen LogP) is 1.29. The highest BCUT2D eigenvalue weighted by Gasteiger charge is 2.45. The highest BCUT2D eigenvalue weighted by atomic mass is 32.2. The molecule has 1 aliphatic heterocycles. The zero-order valence-electron chi connectivity index (χ0n) is 12.7. The minimum Gasteiger partial charge on any atom is -0.333 e. The molecule has 0 spiro atoms. The standard InChI is InChI=1S/C15H16N2O5S/c1-15(10-18)17(9-14(21-15)22-23(2,19)20)12-5-6-13-11(8-12)4-3-7-16-13/h3-8,10,14H,9H2,1-2H3/t14-,15?/m1/s1. The van der Waals surface area contributed by atoms with Crippen LogP contribution in [0.3, 0.4) is 0 Å². The fourth-order valence-corrected chi connectivity index (χ4v) is 3.12. The molecule has 2 heterocycles.